The predicted octanol–water partition coefficient (Wildman–Crippen LogP) is 2.69. The summed E-state index contributed by atoms with van der Waals surface area (Å²) in [5.74, 6) is -3.36. The molecule has 2 aromatic rings. The number of barbiturate groups is 1. The Balaban J connectivity index is 2.06. The van der Waals surface area contributed by atoms with Crippen molar-refractivity contribution in [1.29, 1.82) is 0 Å². The number of amides is 4. The predicted molar refractivity (Wildman–Crippen MR) is 115 cm³/mol. The number of allylic oxidation sites excluding steroid dienone is 1. The molecule has 2 N–H and O–H groups in total. The fourth-order valence-electron chi connectivity index (χ4n) is 3.20. The highest BCUT2D eigenvalue weighted by Crippen LogP contribution is 2.35. The van der Waals surface area contributed by atoms with Crippen molar-refractivity contribution in [2.75, 3.05) is 18.6 Å². The number of carboxylic acids is 1. The number of nitrogens with zero attached hydrogens (tertiary/aromatic N) is 1. The SMILES string of the molecule is C=CCc1cc(/C=C2\C(=O)NC(=O)N(c3cccc(F)c3)C2=O)cc(OC)c1OCC(=O)O. The molecule has 170 valence electrons. The van der Waals surface area contributed by atoms with E-state index in [0.717, 1.165) is 12.1 Å². The van der Waals surface area contributed by atoms with Crippen LogP contribution >= 0.6 is 0 Å². The van der Waals surface area contributed by atoms with Crippen LogP contribution in [0.25, 0.3) is 6.08 Å². The Labute approximate surface area is 187 Å². The molecule has 0 spiro atoms. The number of nitrogens with one attached hydrogen (secondary N) is 1. The second kappa shape index (κ2) is 9.77. The Kier molecular flexibility index (Phi) is 6.87. The molecule has 2 aromatic carbocycles. The number of methoxy groups -OCH3 is 1. The van der Waals surface area contributed by atoms with Crippen molar-refractivity contribution in [3.05, 3.63) is 71.6 Å². The Morgan fingerprint density at radius 1 is 1.24 bits per heavy atom. The first kappa shape index (κ1) is 23.2. The first-order valence-electron chi connectivity index (χ1n) is 9.58. The minimum Gasteiger partial charge on any atom is -0.493 e. The minimum atomic E-state index is -1.18. The lowest BCUT2D eigenvalue weighted by Gasteiger charge is -2.26. The number of carbonyl (C=O) groups is 4. The number of hydrogen-bond acceptors (Lipinski definition) is 6. The summed E-state index contributed by atoms with van der Waals surface area (Å²) in [5.41, 5.74) is 0.431. The van der Waals surface area contributed by atoms with Gasteiger partial charge in [-0.15, -0.1) is 6.58 Å². The molecule has 0 aliphatic carbocycles. The van der Waals surface area contributed by atoms with Crippen LogP contribution in [0.3, 0.4) is 0 Å². The van der Waals surface area contributed by atoms with Crippen LogP contribution in [0.5, 0.6) is 11.5 Å². The van der Waals surface area contributed by atoms with Gasteiger partial charge in [-0.2, -0.15) is 0 Å². The molecule has 1 aliphatic rings. The van der Waals surface area contributed by atoms with Crippen LogP contribution in [0, 0.1) is 5.82 Å². The van der Waals surface area contributed by atoms with Gasteiger partial charge in [0.05, 0.1) is 12.8 Å². The van der Waals surface area contributed by atoms with Crippen LogP contribution in [0.2, 0.25) is 0 Å². The molecule has 33 heavy (non-hydrogen) atoms. The fraction of sp³-hybridized carbons (Fsp3) is 0.130. The summed E-state index contributed by atoms with van der Waals surface area (Å²) >= 11 is 0. The molecule has 0 unspecified atom stereocenters. The van der Waals surface area contributed by atoms with Gasteiger partial charge in [-0.05, 0) is 48.4 Å². The van der Waals surface area contributed by atoms with Crippen LogP contribution in [0.1, 0.15) is 11.1 Å². The molecule has 1 fully saturated rings. The van der Waals surface area contributed by atoms with Crippen LogP contribution in [0.4, 0.5) is 14.9 Å². The average molecular weight is 454 g/mol. The first-order chi connectivity index (χ1) is 15.7. The lowest BCUT2D eigenvalue weighted by atomic mass is 10.0. The number of carboxylic acid groups (broad SMARTS) is 1. The molecule has 0 atom stereocenters. The summed E-state index contributed by atoms with van der Waals surface area (Å²) < 4.78 is 24.3. The summed E-state index contributed by atoms with van der Waals surface area (Å²) in [6.07, 6.45) is 3.07. The summed E-state index contributed by atoms with van der Waals surface area (Å²) in [6, 6.07) is 6.83. The lowest BCUT2D eigenvalue weighted by molar-refractivity contribution is -0.139. The molecule has 0 radical (unpaired) electrons. The number of hydrogen-bond donors (Lipinski definition) is 2. The maximum absolute atomic E-state index is 13.6. The molecule has 1 heterocycles. The Morgan fingerprint density at radius 3 is 2.64 bits per heavy atom. The van der Waals surface area contributed by atoms with E-state index in [1.165, 1.54) is 31.4 Å². The quantitative estimate of drug-likeness (QED) is 0.357. The molecule has 3 rings (SSSR count). The number of rotatable bonds is 8. The van der Waals surface area contributed by atoms with Crippen molar-refractivity contribution in [3.8, 4) is 11.5 Å². The van der Waals surface area contributed by atoms with Crippen molar-refractivity contribution in [2.45, 2.75) is 6.42 Å². The van der Waals surface area contributed by atoms with E-state index in [2.05, 4.69) is 11.9 Å². The van der Waals surface area contributed by atoms with Crippen LogP contribution < -0.4 is 19.7 Å². The maximum atomic E-state index is 13.6. The van der Waals surface area contributed by atoms with Gasteiger partial charge in [-0.1, -0.05) is 12.1 Å². The number of aliphatic carboxylic acids is 1. The van der Waals surface area contributed by atoms with Crippen LogP contribution in [-0.4, -0.2) is 42.6 Å². The van der Waals surface area contributed by atoms with Gasteiger partial charge in [-0.3, -0.25) is 14.9 Å². The summed E-state index contributed by atoms with van der Waals surface area (Å²) in [6.45, 7) is 3.05. The third-order valence-corrected chi connectivity index (χ3v) is 4.56. The molecule has 1 aliphatic heterocycles. The molecule has 10 heteroatoms. The molecular formula is C23H19FN2O7. The van der Waals surface area contributed by atoms with E-state index >= 15 is 0 Å². The van der Waals surface area contributed by atoms with Crippen molar-refractivity contribution in [2.24, 2.45) is 0 Å². The van der Waals surface area contributed by atoms with Gasteiger partial charge in [-0.25, -0.2) is 18.9 Å². The highest BCUT2D eigenvalue weighted by atomic mass is 19.1. The second-order valence-electron chi connectivity index (χ2n) is 6.82. The number of ether oxygens (including phenoxy) is 2. The Hall–Kier alpha value is -4.47. The van der Waals surface area contributed by atoms with Crippen molar-refractivity contribution in [1.82, 2.24) is 5.32 Å². The zero-order valence-electron chi connectivity index (χ0n) is 17.5. The largest absolute Gasteiger partial charge is 0.493 e. The maximum Gasteiger partial charge on any atom is 0.341 e. The topological polar surface area (TPSA) is 122 Å². The Bertz CT molecular complexity index is 1190. The Morgan fingerprint density at radius 2 is 2.00 bits per heavy atom. The first-order valence-corrected chi connectivity index (χ1v) is 9.58. The van der Waals surface area contributed by atoms with Gasteiger partial charge in [0.25, 0.3) is 11.8 Å². The van der Waals surface area contributed by atoms with E-state index in [4.69, 9.17) is 14.6 Å². The number of imide groups is 2. The lowest BCUT2D eigenvalue weighted by Crippen LogP contribution is -2.54. The van der Waals surface area contributed by atoms with Crippen molar-refractivity contribution < 1.29 is 38.1 Å². The van der Waals surface area contributed by atoms with E-state index in [1.54, 1.807) is 12.1 Å². The molecule has 4 amide bonds. The third-order valence-electron chi connectivity index (χ3n) is 4.56. The minimum absolute atomic E-state index is 0.0433. The van der Waals surface area contributed by atoms with E-state index < -0.39 is 36.2 Å². The highest BCUT2D eigenvalue weighted by molar-refractivity contribution is 6.39. The number of urea groups is 1. The standard InChI is InChI=1S/C23H19FN2O7/c1-3-5-14-8-13(10-18(32-2)20(14)33-12-19(27)28)9-17-21(29)25-23(31)26(22(17)30)16-7-4-6-15(24)11-16/h3-4,6-11H,1,5,12H2,2H3,(H,27,28)(H,25,29,31)/b17-9+. The van der Waals surface area contributed by atoms with Crippen LogP contribution in [-0.2, 0) is 20.8 Å². The van der Waals surface area contributed by atoms with Crippen molar-refractivity contribution >= 4 is 35.6 Å². The molecule has 9 nitrogen and oxygen atoms in total. The number of halogens is 1. The van der Waals surface area contributed by atoms with E-state index in [1.807, 2.05) is 0 Å². The molecular weight excluding hydrogens is 435 g/mol. The summed E-state index contributed by atoms with van der Waals surface area (Å²) in [7, 11) is 1.35. The van der Waals surface area contributed by atoms with Crippen LogP contribution in [0.15, 0.2) is 54.6 Å². The summed E-state index contributed by atoms with van der Waals surface area (Å²) in [4.78, 5) is 49.2. The van der Waals surface area contributed by atoms with Gasteiger partial charge in [0.2, 0.25) is 0 Å². The van der Waals surface area contributed by atoms with E-state index in [-0.39, 0.29) is 29.2 Å². The van der Waals surface area contributed by atoms with E-state index in [9.17, 15) is 23.6 Å². The summed E-state index contributed by atoms with van der Waals surface area (Å²) in [5, 5.41) is 11.0. The zero-order chi connectivity index (χ0) is 24.1. The fourth-order valence-corrected chi connectivity index (χ4v) is 3.20. The van der Waals surface area contributed by atoms with Gasteiger partial charge in [0, 0.05) is 5.56 Å². The van der Waals surface area contributed by atoms with Gasteiger partial charge < -0.3 is 14.6 Å². The zero-order valence-corrected chi connectivity index (χ0v) is 17.5. The highest BCUT2D eigenvalue weighted by Gasteiger charge is 2.37. The van der Waals surface area contributed by atoms with E-state index in [0.29, 0.717) is 16.0 Å². The monoisotopic (exact) mass is 454 g/mol. The normalized spacial score (nSPS) is 14.8. The third kappa shape index (κ3) is 5.06. The molecule has 1 saturated heterocycles. The average Bonchev–Trinajstić information content (AvgIpc) is 2.75. The van der Waals surface area contributed by atoms with Gasteiger partial charge >= 0.3 is 12.0 Å². The molecule has 0 bridgehead atoms. The van der Waals surface area contributed by atoms with Gasteiger partial charge in [0.15, 0.2) is 18.1 Å². The van der Waals surface area contributed by atoms with Crippen molar-refractivity contribution in [3.63, 3.8) is 0 Å². The number of anilines is 1. The number of carbonyl (C=O) groups excluding carboxylic acids is 3. The molecule has 0 aromatic heterocycles. The number of benzene rings is 2. The second-order valence-corrected chi connectivity index (χ2v) is 6.82. The molecule has 0 saturated carbocycles. The smallest absolute Gasteiger partial charge is 0.341 e. The van der Waals surface area contributed by atoms with Gasteiger partial charge in [0.1, 0.15) is 11.4 Å².